The van der Waals surface area contributed by atoms with E-state index in [2.05, 4.69) is 20.6 Å². The molecule has 3 aromatic rings. The predicted molar refractivity (Wildman–Crippen MR) is 101 cm³/mol. The largest absolute Gasteiger partial charge is 0.311 e. The van der Waals surface area contributed by atoms with Crippen molar-refractivity contribution in [2.24, 2.45) is 0 Å². The predicted octanol–water partition coefficient (Wildman–Crippen LogP) is 4.50. The number of amides is 1. The van der Waals surface area contributed by atoms with Gasteiger partial charge in [-0.2, -0.15) is 10.2 Å². The molecule has 0 saturated heterocycles. The molecule has 6 nitrogen and oxygen atoms in total. The molecule has 9 heteroatoms. The quantitative estimate of drug-likeness (QED) is 0.656. The van der Waals surface area contributed by atoms with Crippen molar-refractivity contribution >= 4 is 23.3 Å². The molecule has 2 aromatic heterocycles. The van der Waals surface area contributed by atoms with E-state index in [4.69, 9.17) is 11.6 Å². The fraction of sp³-hybridized carbons (Fsp3) is 0.316. The Bertz CT molecular complexity index is 1010. The van der Waals surface area contributed by atoms with Gasteiger partial charge in [0.25, 0.3) is 0 Å². The van der Waals surface area contributed by atoms with Crippen LogP contribution < -0.4 is 5.32 Å². The van der Waals surface area contributed by atoms with Crippen LogP contribution in [0, 0.1) is 0 Å². The van der Waals surface area contributed by atoms with Gasteiger partial charge >= 0.3 is 0 Å². The Morgan fingerprint density at radius 2 is 2.18 bits per heavy atom. The number of H-pyrrole nitrogens is 1. The van der Waals surface area contributed by atoms with Gasteiger partial charge in [-0.1, -0.05) is 17.7 Å². The number of carbonyl (C=O) groups excluding carboxylic acids is 1. The van der Waals surface area contributed by atoms with Crippen LogP contribution in [0.25, 0.3) is 5.69 Å². The monoisotopic (exact) mass is 405 g/mol. The number of aromatic amines is 1. The zero-order valence-electron chi connectivity index (χ0n) is 15.0. The summed E-state index contributed by atoms with van der Waals surface area (Å²) in [7, 11) is 0. The van der Waals surface area contributed by atoms with Gasteiger partial charge in [0.15, 0.2) is 0 Å². The van der Waals surface area contributed by atoms with Gasteiger partial charge in [0, 0.05) is 41.6 Å². The number of benzene rings is 1. The van der Waals surface area contributed by atoms with E-state index in [0.717, 1.165) is 11.3 Å². The molecule has 1 amide bonds. The van der Waals surface area contributed by atoms with Crippen LogP contribution in [0.2, 0.25) is 5.02 Å². The zero-order chi connectivity index (χ0) is 19.9. The first-order valence-corrected chi connectivity index (χ1v) is 9.23. The molecule has 0 aliphatic heterocycles. The Hall–Kier alpha value is -2.74. The Labute approximate surface area is 164 Å². The molecule has 1 aliphatic carbocycles. The van der Waals surface area contributed by atoms with Crippen LogP contribution in [-0.4, -0.2) is 31.8 Å². The Kier molecular flexibility index (Phi) is 4.66. The summed E-state index contributed by atoms with van der Waals surface area (Å²) in [6, 6.07) is 8.85. The van der Waals surface area contributed by atoms with Gasteiger partial charge in [-0.25, -0.2) is 13.5 Å². The van der Waals surface area contributed by atoms with Gasteiger partial charge < -0.3 is 5.32 Å². The summed E-state index contributed by atoms with van der Waals surface area (Å²) in [6.45, 7) is 1.76. The van der Waals surface area contributed by atoms with Crippen LogP contribution in [-0.2, 0) is 4.79 Å². The molecule has 1 aromatic carbocycles. The van der Waals surface area contributed by atoms with Gasteiger partial charge in [0.05, 0.1) is 23.5 Å². The van der Waals surface area contributed by atoms with E-state index < -0.39 is 11.8 Å². The highest BCUT2D eigenvalue weighted by Gasteiger charge is 2.46. The lowest BCUT2D eigenvalue weighted by molar-refractivity contribution is -0.117. The van der Waals surface area contributed by atoms with Crippen molar-refractivity contribution in [1.82, 2.24) is 20.0 Å². The molecule has 146 valence electrons. The van der Waals surface area contributed by atoms with E-state index in [9.17, 15) is 13.6 Å². The van der Waals surface area contributed by atoms with E-state index in [0.29, 0.717) is 16.5 Å². The Balaban J connectivity index is 1.41. The first-order chi connectivity index (χ1) is 13.3. The molecule has 4 rings (SSSR count). The summed E-state index contributed by atoms with van der Waals surface area (Å²) in [4.78, 5) is 12.5. The molecule has 2 heterocycles. The van der Waals surface area contributed by atoms with Crippen LogP contribution in [0.3, 0.4) is 0 Å². The van der Waals surface area contributed by atoms with Crippen LogP contribution in [0.15, 0.2) is 42.7 Å². The molecule has 1 aliphatic rings. The minimum absolute atomic E-state index is 0.204. The maximum Gasteiger partial charge on any atom is 0.249 e. The molecule has 0 radical (unpaired) electrons. The summed E-state index contributed by atoms with van der Waals surface area (Å²) in [5.41, 5.74) is 2.07. The fourth-order valence-electron chi connectivity index (χ4n) is 3.19. The van der Waals surface area contributed by atoms with Crippen molar-refractivity contribution in [2.45, 2.75) is 37.5 Å². The van der Waals surface area contributed by atoms with Crippen LogP contribution >= 0.6 is 11.6 Å². The lowest BCUT2D eigenvalue weighted by Crippen LogP contribution is -2.33. The maximum atomic E-state index is 13.0. The van der Waals surface area contributed by atoms with Crippen molar-refractivity contribution in [3.63, 3.8) is 0 Å². The number of aromatic nitrogens is 4. The molecular formula is C19H18ClF2N5O. The molecule has 1 atom stereocenters. The first kappa shape index (κ1) is 18.6. The SMILES string of the molecule is C[C@@H](C(=O)Nc1cc(C2CC(F)(F)C2)n[nH]1)c1cnn(-c2cccc(Cl)c2)c1. The molecular weight excluding hydrogens is 388 g/mol. The van der Waals surface area contributed by atoms with Crippen LogP contribution in [0.4, 0.5) is 14.6 Å². The number of nitrogens with one attached hydrogen (secondary N) is 2. The number of hydrogen-bond acceptors (Lipinski definition) is 3. The van der Waals surface area contributed by atoms with E-state index in [1.54, 1.807) is 42.2 Å². The highest BCUT2D eigenvalue weighted by Crippen LogP contribution is 2.47. The third kappa shape index (κ3) is 3.77. The number of hydrogen-bond donors (Lipinski definition) is 2. The molecule has 0 unspecified atom stereocenters. The van der Waals surface area contributed by atoms with Crippen LogP contribution in [0.1, 0.15) is 42.9 Å². The van der Waals surface area contributed by atoms with Crippen molar-refractivity contribution in [3.8, 4) is 5.69 Å². The van der Waals surface area contributed by atoms with Gasteiger partial charge in [-0.05, 0) is 25.1 Å². The number of rotatable bonds is 5. The van der Waals surface area contributed by atoms with Gasteiger partial charge in [0.2, 0.25) is 11.8 Å². The second-order valence-electron chi connectivity index (χ2n) is 7.08. The maximum absolute atomic E-state index is 13.0. The van der Waals surface area contributed by atoms with Crippen molar-refractivity contribution in [1.29, 1.82) is 0 Å². The number of nitrogens with zero attached hydrogens (tertiary/aromatic N) is 3. The highest BCUT2D eigenvalue weighted by molar-refractivity contribution is 6.30. The fourth-order valence-corrected chi connectivity index (χ4v) is 3.38. The van der Waals surface area contributed by atoms with E-state index in [-0.39, 0.29) is 24.7 Å². The summed E-state index contributed by atoms with van der Waals surface area (Å²) < 4.78 is 27.7. The first-order valence-electron chi connectivity index (χ1n) is 8.85. The molecule has 1 saturated carbocycles. The van der Waals surface area contributed by atoms with Crippen molar-refractivity contribution in [3.05, 3.63) is 59.0 Å². The Morgan fingerprint density at radius 1 is 1.39 bits per heavy atom. The molecule has 0 bridgehead atoms. The van der Waals surface area contributed by atoms with Crippen molar-refractivity contribution in [2.75, 3.05) is 5.32 Å². The highest BCUT2D eigenvalue weighted by atomic mass is 35.5. The average molecular weight is 406 g/mol. The molecule has 0 spiro atoms. The smallest absolute Gasteiger partial charge is 0.249 e. The third-order valence-corrected chi connectivity index (χ3v) is 5.17. The average Bonchev–Trinajstić information content (AvgIpc) is 3.28. The topological polar surface area (TPSA) is 75.6 Å². The zero-order valence-corrected chi connectivity index (χ0v) is 15.8. The van der Waals surface area contributed by atoms with Gasteiger partial charge in [-0.3, -0.25) is 9.89 Å². The van der Waals surface area contributed by atoms with Crippen LogP contribution in [0.5, 0.6) is 0 Å². The van der Waals surface area contributed by atoms with Gasteiger partial charge in [-0.15, -0.1) is 0 Å². The minimum Gasteiger partial charge on any atom is -0.311 e. The number of carbonyl (C=O) groups is 1. The molecule has 1 fully saturated rings. The lowest BCUT2D eigenvalue weighted by Gasteiger charge is -2.33. The Morgan fingerprint density at radius 3 is 2.89 bits per heavy atom. The standard InChI is InChI=1S/C19H18ClF2N5O/c1-11(13-9-23-27(10-13)15-4-2-3-14(20)5-15)18(28)24-17-6-16(25-26-17)12-7-19(21,22)8-12/h2-6,9-12H,7-8H2,1H3,(H2,24,25,26,28)/t11-/m1/s1. The van der Waals surface area contributed by atoms with E-state index >= 15 is 0 Å². The summed E-state index contributed by atoms with van der Waals surface area (Å²) >= 11 is 6.00. The second-order valence-corrected chi connectivity index (χ2v) is 7.51. The summed E-state index contributed by atoms with van der Waals surface area (Å²) in [6.07, 6.45) is 2.99. The van der Waals surface area contributed by atoms with E-state index in [1.165, 1.54) is 0 Å². The van der Waals surface area contributed by atoms with Crippen molar-refractivity contribution < 1.29 is 13.6 Å². The summed E-state index contributed by atoms with van der Waals surface area (Å²) in [5.74, 6) is -3.20. The lowest BCUT2D eigenvalue weighted by atomic mass is 9.79. The second kappa shape index (κ2) is 7.01. The summed E-state index contributed by atoms with van der Waals surface area (Å²) in [5, 5.41) is 14.4. The number of halogens is 3. The normalized spacial score (nSPS) is 17.1. The minimum atomic E-state index is -2.61. The van der Waals surface area contributed by atoms with E-state index in [1.807, 2.05) is 12.1 Å². The van der Waals surface area contributed by atoms with Gasteiger partial charge in [0.1, 0.15) is 5.82 Å². The molecule has 2 N–H and O–H groups in total. The molecule has 28 heavy (non-hydrogen) atoms. The number of alkyl halides is 2. The number of anilines is 1. The third-order valence-electron chi connectivity index (χ3n) is 4.93.